The minimum absolute atomic E-state index is 0.0832. The van der Waals surface area contributed by atoms with Gasteiger partial charge in [-0.3, -0.25) is 4.79 Å². The molecule has 0 aromatic heterocycles. The SMILES string of the molecule is CC(=O)N1CC(C)Sc2ccc(S(=O)(=O)NCc3ccccc3)cc21. The molecule has 0 aliphatic carbocycles. The van der Waals surface area contributed by atoms with Crippen molar-refractivity contribution in [1.29, 1.82) is 0 Å². The van der Waals surface area contributed by atoms with Crippen molar-refractivity contribution < 1.29 is 13.2 Å². The Bertz CT molecular complexity index is 882. The van der Waals surface area contributed by atoms with Crippen molar-refractivity contribution >= 4 is 33.4 Å². The van der Waals surface area contributed by atoms with Crippen molar-refractivity contribution in [1.82, 2.24) is 4.72 Å². The molecule has 1 unspecified atom stereocenters. The largest absolute Gasteiger partial charge is 0.310 e. The molecule has 1 amide bonds. The molecular formula is C18H20N2O3S2. The lowest BCUT2D eigenvalue weighted by molar-refractivity contribution is -0.116. The van der Waals surface area contributed by atoms with Crippen LogP contribution in [0.3, 0.4) is 0 Å². The summed E-state index contributed by atoms with van der Waals surface area (Å²) in [6, 6.07) is 14.3. The van der Waals surface area contributed by atoms with Crippen molar-refractivity contribution in [2.24, 2.45) is 0 Å². The zero-order valence-electron chi connectivity index (χ0n) is 14.1. The summed E-state index contributed by atoms with van der Waals surface area (Å²) in [5, 5.41) is 0.273. The molecule has 7 heteroatoms. The predicted molar refractivity (Wildman–Crippen MR) is 100 cm³/mol. The van der Waals surface area contributed by atoms with Gasteiger partial charge in [0, 0.05) is 30.2 Å². The highest BCUT2D eigenvalue weighted by Gasteiger charge is 2.27. The fraction of sp³-hybridized carbons (Fsp3) is 0.278. The summed E-state index contributed by atoms with van der Waals surface area (Å²) in [7, 11) is -3.65. The van der Waals surface area contributed by atoms with Crippen molar-refractivity contribution in [3.63, 3.8) is 0 Å². The highest BCUT2D eigenvalue weighted by molar-refractivity contribution is 8.00. The van der Waals surface area contributed by atoms with Gasteiger partial charge in [-0.25, -0.2) is 13.1 Å². The quantitative estimate of drug-likeness (QED) is 0.891. The lowest BCUT2D eigenvalue weighted by Crippen LogP contribution is -2.37. The Hall–Kier alpha value is -1.83. The summed E-state index contributed by atoms with van der Waals surface area (Å²) in [6.45, 7) is 4.35. The molecule has 1 N–H and O–H groups in total. The van der Waals surface area contributed by atoms with Crippen LogP contribution < -0.4 is 9.62 Å². The molecule has 1 aliphatic rings. The summed E-state index contributed by atoms with van der Waals surface area (Å²) >= 11 is 1.65. The maximum Gasteiger partial charge on any atom is 0.240 e. The van der Waals surface area contributed by atoms with Crippen LogP contribution in [0.25, 0.3) is 0 Å². The topological polar surface area (TPSA) is 66.5 Å². The van der Waals surface area contributed by atoms with E-state index in [0.717, 1.165) is 10.5 Å². The third-order valence-electron chi connectivity index (χ3n) is 3.99. The molecule has 3 rings (SSSR count). The summed E-state index contributed by atoms with van der Waals surface area (Å²) < 4.78 is 27.8. The van der Waals surface area contributed by atoms with Gasteiger partial charge >= 0.3 is 0 Å². The number of amides is 1. The first-order valence-corrected chi connectivity index (χ1v) is 10.4. The number of rotatable bonds is 4. The molecule has 132 valence electrons. The fourth-order valence-electron chi connectivity index (χ4n) is 2.74. The van der Waals surface area contributed by atoms with Crippen molar-refractivity contribution in [3.05, 3.63) is 54.1 Å². The van der Waals surface area contributed by atoms with Crippen LogP contribution >= 0.6 is 11.8 Å². The monoisotopic (exact) mass is 376 g/mol. The van der Waals surface area contributed by atoms with Crippen molar-refractivity contribution in [2.45, 2.75) is 35.4 Å². The van der Waals surface area contributed by atoms with Crippen LogP contribution in [-0.2, 0) is 21.4 Å². The second kappa shape index (κ2) is 7.19. The number of thioether (sulfide) groups is 1. The molecule has 0 bridgehead atoms. The summed E-state index contributed by atoms with van der Waals surface area (Å²) in [5.74, 6) is -0.0832. The van der Waals surface area contributed by atoms with Gasteiger partial charge in [0.2, 0.25) is 15.9 Å². The number of hydrogen-bond acceptors (Lipinski definition) is 4. The molecule has 0 radical (unpaired) electrons. The first-order valence-electron chi connectivity index (χ1n) is 7.99. The Balaban J connectivity index is 1.87. The number of nitrogens with one attached hydrogen (secondary N) is 1. The molecule has 1 aliphatic heterocycles. The average Bonchev–Trinajstić information content (AvgIpc) is 2.59. The third-order valence-corrected chi connectivity index (χ3v) is 6.54. The van der Waals surface area contributed by atoms with Gasteiger partial charge in [0.1, 0.15) is 0 Å². The Kier molecular flexibility index (Phi) is 5.17. The molecule has 0 fully saturated rings. The van der Waals surface area contributed by atoms with E-state index < -0.39 is 10.0 Å². The first-order chi connectivity index (χ1) is 11.9. The number of benzene rings is 2. The smallest absolute Gasteiger partial charge is 0.240 e. The third kappa shape index (κ3) is 4.05. The number of sulfonamides is 1. The zero-order chi connectivity index (χ0) is 18.0. The van der Waals surface area contributed by atoms with E-state index in [1.165, 1.54) is 6.92 Å². The molecule has 1 heterocycles. The molecule has 5 nitrogen and oxygen atoms in total. The number of hydrogen-bond donors (Lipinski definition) is 1. The standard InChI is InChI=1S/C18H20N2O3S2/c1-13-12-20(14(2)21)17-10-16(8-9-18(17)24-13)25(22,23)19-11-15-6-4-3-5-7-15/h3-10,13,19H,11-12H2,1-2H3. The van der Waals surface area contributed by atoms with E-state index >= 15 is 0 Å². The molecule has 25 heavy (non-hydrogen) atoms. The molecule has 1 atom stereocenters. The summed E-state index contributed by atoms with van der Waals surface area (Å²) in [4.78, 5) is 14.7. The fourth-order valence-corrected chi connectivity index (χ4v) is 4.87. The zero-order valence-corrected chi connectivity index (χ0v) is 15.7. The summed E-state index contributed by atoms with van der Waals surface area (Å²) in [5.41, 5.74) is 1.55. The van der Waals surface area contributed by atoms with Gasteiger partial charge in [-0.05, 0) is 23.8 Å². The number of fused-ring (bicyclic) bond motifs is 1. The van der Waals surface area contributed by atoms with Crippen LogP contribution in [0.2, 0.25) is 0 Å². The van der Waals surface area contributed by atoms with Crippen LogP contribution in [-0.4, -0.2) is 26.1 Å². The molecule has 2 aromatic rings. The van der Waals surface area contributed by atoms with Crippen molar-refractivity contribution in [3.8, 4) is 0 Å². The summed E-state index contributed by atoms with van der Waals surface area (Å²) in [6.07, 6.45) is 0. The van der Waals surface area contributed by atoms with Gasteiger partial charge < -0.3 is 4.90 Å². The van der Waals surface area contributed by atoms with Crippen LogP contribution in [0.1, 0.15) is 19.4 Å². The number of carbonyl (C=O) groups excluding carboxylic acids is 1. The van der Waals surface area contributed by atoms with Gasteiger partial charge in [-0.1, -0.05) is 37.3 Å². The number of nitrogens with zero attached hydrogens (tertiary/aromatic N) is 1. The van der Waals surface area contributed by atoms with Crippen LogP contribution in [0.4, 0.5) is 5.69 Å². The highest BCUT2D eigenvalue weighted by atomic mass is 32.2. The van der Waals surface area contributed by atoms with E-state index in [1.807, 2.05) is 30.3 Å². The molecule has 0 saturated carbocycles. The molecular weight excluding hydrogens is 356 g/mol. The lowest BCUT2D eigenvalue weighted by atomic mass is 10.2. The second-order valence-electron chi connectivity index (χ2n) is 6.00. The van der Waals surface area contributed by atoms with Crippen LogP contribution in [0.15, 0.2) is 58.3 Å². The first kappa shape index (κ1) is 18.0. The van der Waals surface area contributed by atoms with Crippen molar-refractivity contribution in [2.75, 3.05) is 11.4 Å². The van der Waals surface area contributed by atoms with E-state index in [9.17, 15) is 13.2 Å². The van der Waals surface area contributed by atoms with E-state index in [0.29, 0.717) is 12.2 Å². The average molecular weight is 377 g/mol. The van der Waals surface area contributed by atoms with E-state index in [2.05, 4.69) is 11.6 Å². The number of carbonyl (C=O) groups is 1. The Labute approximate surface area is 152 Å². The minimum atomic E-state index is -3.65. The van der Waals surface area contributed by atoms with E-state index in [4.69, 9.17) is 0 Å². The molecule has 2 aromatic carbocycles. The Morgan fingerprint density at radius 1 is 1.24 bits per heavy atom. The Morgan fingerprint density at radius 2 is 1.96 bits per heavy atom. The van der Waals surface area contributed by atoms with E-state index in [1.54, 1.807) is 34.9 Å². The van der Waals surface area contributed by atoms with Gasteiger partial charge in [0.15, 0.2) is 0 Å². The molecule has 0 saturated heterocycles. The number of anilines is 1. The molecule has 0 spiro atoms. The highest BCUT2D eigenvalue weighted by Crippen LogP contribution is 2.39. The van der Waals surface area contributed by atoms with Crippen LogP contribution in [0, 0.1) is 0 Å². The van der Waals surface area contributed by atoms with Gasteiger partial charge in [-0.15, -0.1) is 11.8 Å². The maximum absolute atomic E-state index is 12.6. The van der Waals surface area contributed by atoms with Gasteiger partial charge in [-0.2, -0.15) is 0 Å². The normalized spacial score (nSPS) is 17.2. The second-order valence-corrected chi connectivity index (χ2v) is 9.24. The van der Waals surface area contributed by atoms with E-state index in [-0.39, 0.29) is 22.6 Å². The van der Waals surface area contributed by atoms with Gasteiger partial charge in [0.25, 0.3) is 0 Å². The Morgan fingerprint density at radius 3 is 2.64 bits per heavy atom. The predicted octanol–water partition coefficient (Wildman–Crippen LogP) is 3.01. The van der Waals surface area contributed by atoms with Gasteiger partial charge in [0.05, 0.1) is 10.6 Å². The maximum atomic E-state index is 12.6. The van der Waals surface area contributed by atoms with Crippen LogP contribution in [0.5, 0.6) is 0 Å². The lowest BCUT2D eigenvalue weighted by Gasteiger charge is -2.32. The minimum Gasteiger partial charge on any atom is -0.310 e.